The van der Waals surface area contributed by atoms with E-state index in [1.54, 1.807) is 13.3 Å². The van der Waals surface area contributed by atoms with Crippen molar-refractivity contribution in [2.45, 2.75) is 0 Å². The fourth-order valence-electron chi connectivity index (χ4n) is 0.521. The Morgan fingerprint density at radius 1 is 1.60 bits per heavy atom. The van der Waals surface area contributed by atoms with Gasteiger partial charge in [-0.2, -0.15) is 0 Å². The fraction of sp³-hybridized carbons (Fsp3) is 0.167. The summed E-state index contributed by atoms with van der Waals surface area (Å²) < 4.78 is 5.77. The van der Waals surface area contributed by atoms with Gasteiger partial charge in [-0.1, -0.05) is 0 Å². The van der Waals surface area contributed by atoms with E-state index in [-0.39, 0.29) is 12.4 Å². The summed E-state index contributed by atoms with van der Waals surface area (Å²) in [5.41, 5.74) is 0. The largest absolute Gasteiger partial charge is 0.480 e. The molecule has 0 N–H and O–H groups in total. The minimum absolute atomic E-state index is 0. The van der Waals surface area contributed by atoms with E-state index in [4.69, 9.17) is 4.74 Å². The third-order valence-electron chi connectivity index (χ3n) is 0.918. The Morgan fingerprint density at radius 2 is 2.30 bits per heavy atom. The van der Waals surface area contributed by atoms with E-state index in [2.05, 4.69) is 20.9 Å². The molecule has 0 bridgehead atoms. The van der Waals surface area contributed by atoms with Crippen molar-refractivity contribution in [2.75, 3.05) is 7.11 Å². The van der Waals surface area contributed by atoms with E-state index in [9.17, 15) is 0 Å². The van der Waals surface area contributed by atoms with Gasteiger partial charge in [-0.15, -0.1) is 12.4 Å². The summed E-state index contributed by atoms with van der Waals surface area (Å²) in [4.78, 5) is 3.93. The van der Waals surface area contributed by atoms with E-state index in [0.29, 0.717) is 5.88 Å². The van der Waals surface area contributed by atoms with Crippen LogP contribution in [0.4, 0.5) is 0 Å². The molecule has 1 rings (SSSR count). The fourth-order valence-corrected chi connectivity index (χ4v) is 0.938. The Bertz CT molecular complexity index is 207. The highest BCUT2D eigenvalue weighted by molar-refractivity contribution is 9.10. The van der Waals surface area contributed by atoms with Crippen LogP contribution in [0.2, 0.25) is 0 Å². The minimum Gasteiger partial charge on any atom is -0.480 e. The van der Waals surface area contributed by atoms with Crippen LogP contribution in [0.5, 0.6) is 5.88 Å². The molecule has 1 aromatic heterocycles. The molecule has 0 amide bonds. The molecular weight excluding hydrogens is 217 g/mol. The smallest absolute Gasteiger partial charge is 0.227 e. The molecule has 0 aromatic carbocycles. The second-order valence-corrected chi connectivity index (χ2v) is 2.35. The van der Waals surface area contributed by atoms with Gasteiger partial charge >= 0.3 is 0 Å². The molecule has 10 heavy (non-hydrogen) atoms. The van der Waals surface area contributed by atoms with Gasteiger partial charge in [0.25, 0.3) is 0 Å². The van der Waals surface area contributed by atoms with Crippen molar-refractivity contribution in [3.8, 4) is 5.88 Å². The third kappa shape index (κ3) is 2.15. The van der Waals surface area contributed by atoms with Crippen molar-refractivity contribution >= 4 is 28.3 Å². The van der Waals surface area contributed by atoms with Gasteiger partial charge < -0.3 is 4.74 Å². The predicted molar refractivity (Wildman–Crippen MR) is 45.7 cm³/mol. The molecule has 0 saturated heterocycles. The molecule has 0 fully saturated rings. The van der Waals surface area contributed by atoms with Crippen LogP contribution in [0, 0.1) is 0 Å². The summed E-state index contributed by atoms with van der Waals surface area (Å²) in [5, 5.41) is 0. The number of methoxy groups -OCH3 is 1. The van der Waals surface area contributed by atoms with Crippen LogP contribution in [-0.2, 0) is 0 Å². The lowest BCUT2D eigenvalue weighted by atomic mass is 10.5. The Hall–Kier alpha value is -0.280. The molecule has 0 aliphatic heterocycles. The van der Waals surface area contributed by atoms with Crippen molar-refractivity contribution in [1.82, 2.24) is 4.98 Å². The molecule has 0 spiro atoms. The molecule has 2 nitrogen and oxygen atoms in total. The summed E-state index contributed by atoms with van der Waals surface area (Å²) in [7, 11) is 1.59. The van der Waals surface area contributed by atoms with Crippen molar-refractivity contribution < 1.29 is 4.74 Å². The van der Waals surface area contributed by atoms with Crippen LogP contribution in [0.3, 0.4) is 0 Å². The van der Waals surface area contributed by atoms with E-state index in [1.807, 2.05) is 12.1 Å². The first kappa shape index (κ1) is 9.72. The molecule has 1 aromatic rings. The number of halogens is 2. The predicted octanol–water partition coefficient (Wildman–Crippen LogP) is 2.27. The summed E-state index contributed by atoms with van der Waals surface area (Å²) >= 11 is 3.27. The molecule has 0 aliphatic rings. The molecule has 0 atom stereocenters. The quantitative estimate of drug-likeness (QED) is 0.730. The van der Waals surface area contributed by atoms with Gasteiger partial charge in [0.15, 0.2) is 0 Å². The maximum Gasteiger partial charge on any atom is 0.227 e. The summed E-state index contributed by atoms with van der Waals surface area (Å²) in [6, 6.07) is 3.72. The average Bonchev–Trinajstić information content (AvgIpc) is 1.89. The maximum atomic E-state index is 4.89. The van der Waals surface area contributed by atoms with Crippen molar-refractivity contribution in [3.05, 3.63) is 22.8 Å². The van der Waals surface area contributed by atoms with E-state index >= 15 is 0 Å². The Kier molecular flexibility index (Phi) is 4.40. The van der Waals surface area contributed by atoms with Gasteiger partial charge in [-0.05, 0) is 28.1 Å². The van der Waals surface area contributed by atoms with Gasteiger partial charge in [0.2, 0.25) is 5.88 Å². The normalized spacial score (nSPS) is 8.20. The minimum atomic E-state index is 0. The van der Waals surface area contributed by atoms with Crippen LogP contribution < -0.4 is 4.74 Å². The van der Waals surface area contributed by atoms with Crippen LogP contribution >= 0.6 is 28.3 Å². The first-order valence-corrected chi connectivity index (χ1v) is 3.28. The summed E-state index contributed by atoms with van der Waals surface area (Å²) in [5.74, 6) is 0.623. The van der Waals surface area contributed by atoms with Gasteiger partial charge in [0, 0.05) is 6.20 Å². The number of pyridine rings is 1. The topological polar surface area (TPSA) is 22.1 Å². The second kappa shape index (κ2) is 4.52. The molecule has 0 saturated carbocycles. The number of nitrogens with zero attached hydrogens (tertiary/aromatic N) is 1. The Balaban J connectivity index is 0.000000810. The van der Waals surface area contributed by atoms with Gasteiger partial charge in [-0.25, -0.2) is 4.98 Å². The van der Waals surface area contributed by atoms with Gasteiger partial charge in [0.1, 0.15) is 0 Å². The first-order valence-electron chi connectivity index (χ1n) is 2.49. The highest BCUT2D eigenvalue weighted by Gasteiger charge is 1.95. The molecule has 0 radical (unpaired) electrons. The third-order valence-corrected chi connectivity index (χ3v) is 1.52. The zero-order valence-electron chi connectivity index (χ0n) is 5.37. The number of hydrogen-bond donors (Lipinski definition) is 0. The Labute approximate surface area is 74.2 Å². The van der Waals surface area contributed by atoms with Crippen LogP contribution in [0.1, 0.15) is 0 Å². The lowest BCUT2D eigenvalue weighted by Gasteiger charge is -1.97. The highest BCUT2D eigenvalue weighted by atomic mass is 79.9. The molecule has 56 valence electrons. The van der Waals surface area contributed by atoms with Crippen LogP contribution in [-0.4, -0.2) is 12.1 Å². The zero-order chi connectivity index (χ0) is 6.69. The van der Waals surface area contributed by atoms with Crippen LogP contribution in [0.15, 0.2) is 22.8 Å². The zero-order valence-corrected chi connectivity index (χ0v) is 7.78. The van der Waals surface area contributed by atoms with Crippen LogP contribution in [0.25, 0.3) is 0 Å². The summed E-state index contributed by atoms with van der Waals surface area (Å²) in [6.07, 6.45) is 1.68. The lowest BCUT2D eigenvalue weighted by molar-refractivity contribution is 0.395. The summed E-state index contributed by atoms with van der Waals surface area (Å²) in [6.45, 7) is 0. The molecular formula is C6H7BrClNO. The number of hydrogen-bond acceptors (Lipinski definition) is 2. The van der Waals surface area contributed by atoms with E-state index in [0.717, 1.165) is 4.47 Å². The SMILES string of the molecule is COc1ncccc1Br.Cl. The van der Waals surface area contributed by atoms with E-state index < -0.39 is 0 Å². The molecule has 0 unspecified atom stereocenters. The van der Waals surface area contributed by atoms with Gasteiger partial charge in [0.05, 0.1) is 11.6 Å². The number of aromatic nitrogens is 1. The standard InChI is InChI=1S/C6H6BrNO.ClH/c1-9-6-5(7)3-2-4-8-6;/h2-4H,1H3;1H. The lowest BCUT2D eigenvalue weighted by Crippen LogP contribution is -1.86. The Morgan fingerprint density at radius 3 is 2.70 bits per heavy atom. The monoisotopic (exact) mass is 223 g/mol. The van der Waals surface area contributed by atoms with Crippen molar-refractivity contribution in [1.29, 1.82) is 0 Å². The second-order valence-electron chi connectivity index (χ2n) is 1.49. The van der Waals surface area contributed by atoms with Gasteiger partial charge in [-0.3, -0.25) is 0 Å². The molecule has 1 heterocycles. The molecule has 4 heteroatoms. The first-order chi connectivity index (χ1) is 4.34. The number of rotatable bonds is 1. The maximum absolute atomic E-state index is 4.89. The highest BCUT2D eigenvalue weighted by Crippen LogP contribution is 2.19. The van der Waals surface area contributed by atoms with Crippen molar-refractivity contribution in [3.63, 3.8) is 0 Å². The van der Waals surface area contributed by atoms with E-state index in [1.165, 1.54) is 0 Å². The average molecular weight is 224 g/mol. The number of ether oxygens (including phenoxy) is 1. The molecule has 0 aliphatic carbocycles. The van der Waals surface area contributed by atoms with Crippen molar-refractivity contribution in [2.24, 2.45) is 0 Å².